The molecule has 1 nitrogen and oxygen atoms in total. The molecular formula is C21H45N. The molecule has 0 heterocycles. The van der Waals surface area contributed by atoms with E-state index in [1.165, 1.54) is 32.1 Å². The third-order valence-corrected chi connectivity index (χ3v) is 6.49. The van der Waals surface area contributed by atoms with Gasteiger partial charge in [0, 0.05) is 11.6 Å². The highest BCUT2D eigenvalue weighted by Crippen LogP contribution is 2.53. The first-order valence-corrected chi connectivity index (χ1v) is 9.54. The first-order chi connectivity index (χ1) is 9.76. The maximum absolute atomic E-state index is 3.84. The van der Waals surface area contributed by atoms with E-state index in [0.717, 1.165) is 0 Å². The molecule has 0 aromatic carbocycles. The number of rotatable bonds is 10. The van der Waals surface area contributed by atoms with Gasteiger partial charge < -0.3 is 5.32 Å². The van der Waals surface area contributed by atoms with E-state index < -0.39 is 0 Å². The molecule has 0 aliphatic rings. The summed E-state index contributed by atoms with van der Waals surface area (Å²) in [5, 5.41) is 3.84. The Hall–Kier alpha value is -0.0400. The average Bonchev–Trinajstić information content (AvgIpc) is 2.36. The molecule has 0 aromatic rings. The van der Waals surface area contributed by atoms with Crippen LogP contribution in [0.25, 0.3) is 0 Å². The fourth-order valence-corrected chi connectivity index (χ4v) is 4.21. The lowest BCUT2D eigenvalue weighted by molar-refractivity contribution is 0.000262. The van der Waals surface area contributed by atoms with Crippen molar-refractivity contribution in [3.8, 4) is 0 Å². The molecule has 134 valence electrons. The van der Waals surface area contributed by atoms with E-state index in [4.69, 9.17) is 0 Å². The Morgan fingerprint density at radius 1 is 0.727 bits per heavy atom. The lowest BCUT2D eigenvalue weighted by Crippen LogP contribution is -2.52. The molecule has 0 rings (SSSR count). The molecule has 22 heavy (non-hydrogen) atoms. The Kier molecular flexibility index (Phi) is 7.67. The van der Waals surface area contributed by atoms with Gasteiger partial charge in [-0.2, -0.15) is 0 Å². The topological polar surface area (TPSA) is 12.0 Å². The molecule has 1 heteroatoms. The monoisotopic (exact) mass is 311 g/mol. The molecular weight excluding hydrogens is 266 g/mol. The SMILES string of the molecule is CCC(C)(C)CC(C)(C)C(C)(CC)CC(C)(CC)NC(C)C. The van der Waals surface area contributed by atoms with Gasteiger partial charge in [0.05, 0.1) is 0 Å². The zero-order chi connectivity index (χ0) is 17.8. The molecule has 2 atom stereocenters. The first kappa shape index (κ1) is 22.0. The summed E-state index contributed by atoms with van der Waals surface area (Å²) in [5.74, 6) is 0. The molecule has 0 aliphatic heterocycles. The molecule has 0 radical (unpaired) electrons. The fourth-order valence-electron chi connectivity index (χ4n) is 4.21. The van der Waals surface area contributed by atoms with Crippen molar-refractivity contribution in [2.45, 2.75) is 120 Å². The van der Waals surface area contributed by atoms with Crippen LogP contribution >= 0.6 is 0 Å². The summed E-state index contributed by atoms with van der Waals surface area (Å²) in [6.45, 7) is 26.4. The number of hydrogen-bond donors (Lipinski definition) is 1. The van der Waals surface area contributed by atoms with Crippen LogP contribution in [0.5, 0.6) is 0 Å². The van der Waals surface area contributed by atoms with Gasteiger partial charge in [0.25, 0.3) is 0 Å². The minimum Gasteiger partial charge on any atom is -0.309 e. The standard InChI is InChI=1S/C21H45N/c1-12-18(6,7)15-19(8,9)20(10,13-2)16-21(11,14-3)22-17(4)5/h17,22H,12-16H2,1-11H3. The van der Waals surface area contributed by atoms with E-state index in [1.807, 2.05) is 0 Å². The molecule has 2 unspecified atom stereocenters. The number of hydrogen-bond acceptors (Lipinski definition) is 1. The van der Waals surface area contributed by atoms with E-state index in [-0.39, 0.29) is 5.54 Å². The number of nitrogens with one attached hydrogen (secondary N) is 1. The van der Waals surface area contributed by atoms with E-state index in [9.17, 15) is 0 Å². The summed E-state index contributed by atoms with van der Waals surface area (Å²) in [4.78, 5) is 0. The second-order valence-electron chi connectivity index (χ2n) is 9.88. The van der Waals surface area contributed by atoms with Crippen LogP contribution in [0.4, 0.5) is 0 Å². The predicted molar refractivity (Wildman–Crippen MR) is 102 cm³/mol. The summed E-state index contributed by atoms with van der Waals surface area (Å²) in [7, 11) is 0. The Labute approximate surface area is 142 Å². The minimum absolute atomic E-state index is 0.229. The van der Waals surface area contributed by atoms with Gasteiger partial charge >= 0.3 is 0 Å². The van der Waals surface area contributed by atoms with E-state index in [2.05, 4.69) is 81.5 Å². The van der Waals surface area contributed by atoms with Gasteiger partial charge in [-0.3, -0.25) is 0 Å². The normalized spacial score (nSPS) is 19.1. The van der Waals surface area contributed by atoms with Crippen LogP contribution in [-0.4, -0.2) is 11.6 Å². The van der Waals surface area contributed by atoms with Crippen molar-refractivity contribution in [3.05, 3.63) is 0 Å². The molecule has 0 fully saturated rings. The third kappa shape index (κ3) is 5.87. The Balaban J connectivity index is 5.39. The van der Waals surface area contributed by atoms with Crippen molar-refractivity contribution in [1.29, 1.82) is 0 Å². The van der Waals surface area contributed by atoms with Crippen LogP contribution < -0.4 is 5.32 Å². The highest BCUT2D eigenvalue weighted by atomic mass is 15.0. The van der Waals surface area contributed by atoms with Crippen molar-refractivity contribution in [1.82, 2.24) is 5.32 Å². The maximum atomic E-state index is 3.84. The predicted octanol–water partition coefficient (Wildman–Crippen LogP) is 6.81. The fraction of sp³-hybridized carbons (Fsp3) is 1.00. The van der Waals surface area contributed by atoms with E-state index in [1.54, 1.807) is 0 Å². The van der Waals surface area contributed by atoms with Crippen molar-refractivity contribution < 1.29 is 0 Å². The molecule has 0 spiro atoms. The molecule has 0 aliphatic carbocycles. The van der Waals surface area contributed by atoms with Crippen LogP contribution in [0.2, 0.25) is 0 Å². The molecule has 0 saturated carbocycles. The van der Waals surface area contributed by atoms with Gasteiger partial charge in [-0.15, -0.1) is 0 Å². The van der Waals surface area contributed by atoms with Crippen molar-refractivity contribution >= 4 is 0 Å². The summed E-state index contributed by atoms with van der Waals surface area (Å²) in [5.41, 5.74) is 1.35. The molecule has 0 amide bonds. The largest absolute Gasteiger partial charge is 0.309 e. The van der Waals surface area contributed by atoms with E-state index in [0.29, 0.717) is 22.3 Å². The zero-order valence-electron chi connectivity index (χ0n) is 17.6. The molecule has 0 saturated heterocycles. The Morgan fingerprint density at radius 3 is 1.55 bits per heavy atom. The van der Waals surface area contributed by atoms with Crippen LogP contribution in [-0.2, 0) is 0 Å². The zero-order valence-corrected chi connectivity index (χ0v) is 17.6. The summed E-state index contributed by atoms with van der Waals surface area (Å²) in [6, 6.07) is 0.543. The van der Waals surface area contributed by atoms with Crippen molar-refractivity contribution in [2.75, 3.05) is 0 Å². The van der Waals surface area contributed by atoms with Crippen molar-refractivity contribution in [2.24, 2.45) is 16.2 Å². The third-order valence-electron chi connectivity index (χ3n) is 6.49. The van der Waals surface area contributed by atoms with Crippen molar-refractivity contribution in [3.63, 3.8) is 0 Å². The van der Waals surface area contributed by atoms with Gasteiger partial charge in [0.1, 0.15) is 0 Å². The smallest absolute Gasteiger partial charge is 0.0158 e. The molecule has 0 bridgehead atoms. The van der Waals surface area contributed by atoms with Gasteiger partial charge in [-0.05, 0) is 42.4 Å². The van der Waals surface area contributed by atoms with E-state index >= 15 is 0 Å². The highest BCUT2D eigenvalue weighted by Gasteiger charge is 2.45. The summed E-state index contributed by atoms with van der Waals surface area (Å²) < 4.78 is 0. The lowest BCUT2D eigenvalue weighted by atomic mass is 9.55. The van der Waals surface area contributed by atoms with Gasteiger partial charge in [-0.25, -0.2) is 0 Å². The van der Waals surface area contributed by atoms with Crippen LogP contribution in [0.1, 0.15) is 108 Å². The van der Waals surface area contributed by atoms with Gasteiger partial charge in [0.2, 0.25) is 0 Å². The molecule has 1 N–H and O–H groups in total. The summed E-state index contributed by atoms with van der Waals surface area (Å²) in [6.07, 6.45) is 6.23. The van der Waals surface area contributed by atoms with Crippen LogP contribution in [0, 0.1) is 16.2 Å². The second kappa shape index (κ2) is 7.69. The van der Waals surface area contributed by atoms with Crippen LogP contribution in [0.3, 0.4) is 0 Å². The highest BCUT2D eigenvalue weighted by molar-refractivity contribution is 4.98. The Morgan fingerprint density at radius 2 is 1.23 bits per heavy atom. The summed E-state index contributed by atoms with van der Waals surface area (Å²) >= 11 is 0. The average molecular weight is 312 g/mol. The minimum atomic E-state index is 0.229. The lowest BCUT2D eigenvalue weighted by Gasteiger charge is -2.52. The quantitative estimate of drug-likeness (QED) is 0.467. The second-order valence-corrected chi connectivity index (χ2v) is 9.88. The Bertz CT molecular complexity index is 329. The first-order valence-electron chi connectivity index (χ1n) is 9.54. The van der Waals surface area contributed by atoms with Crippen LogP contribution in [0.15, 0.2) is 0 Å². The van der Waals surface area contributed by atoms with Gasteiger partial charge in [-0.1, -0.05) is 82.1 Å². The molecule has 0 aromatic heterocycles. The maximum Gasteiger partial charge on any atom is 0.0158 e. The van der Waals surface area contributed by atoms with Gasteiger partial charge in [0.15, 0.2) is 0 Å².